The first-order valence-corrected chi connectivity index (χ1v) is 13.8. The minimum absolute atomic E-state index is 0.180. The van der Waals surface area contributed by atoms with Gasteiger partial charge in [0, 0.05) is 19.6 Å². The van der Waals surface area contributed by atoms with E-state index in [9.17, 15) is 4.79 Å². The van der Waals surface area contributed by atoms with Crippen LogP contribution in [0.3, 0.4) is 0 Å². The number of aromatic nitrogens is 5. The fourth-order valence-electron chi connectivity index (χ4n) is 6.15. The van der Waals surface area contributed by atoms with E-state index in [0.29, 0.717) is 23.3 Å². The molecular formula is C26H37N9O2. The maximum atomic E-state index is 13.4. The number of piperidine rings is 2. The maximum absolute atomic E-state index is 13.4. The van der Waals surface area contributed by atoms with E-state index in [1.54, 1.807) is 18.4 Å². The molecule has 2 N–H and O–H groups in total. The summed E-state index contributed by atoms with van der Waals surface area (Å²) in [5, 5.41) is 4.35. The number of hydrogen-bond acceptors (Lipinski definition) is 9. The quantitative estimate of drug-likeness (QED) is 0.514. The molecule has 1 atom stereocenters. The molecule has 3 saturated heterocycles. The van der Waals surface area contributed by atoms with E-state index in [-0.39, 0.29) is 17.9 Å². The molecule has 11 nitrogen and oxygen atoms in total. The van der Waals surface area contributed by atoms with Gasteiger partial charge < -0.3 is 24.9 Å². The van der Waals surface area contributed by atoms with E-state index in [2.05, 4.69) is 36.8 Å². The number of carbonyl (C=O) groups is 1. The Hall–Kier alpha value is -3.21. The zero-order chi connectivity index (χ0) is 25.4. The van der Waals surface area contributed by atoms with E-state index in [1.807, 2.05) is 4.90 Å². The van der Waals surface area contributed by atoms with Gasteiger partial charge in [0.05, 0.1) is 6.26 Å². The van der Waals surface area contributed by atoms with Gasteiger partial charge in [-0.25, -0.2) is 0 Å². The van der Waals surface area contributed by atoms with Gasteiger partial charge in [-0.2, -0.15) is 19.5 Å². The number of fused-ring (bicyclic) bond motifs is 1. The van der Waals surface area contributed by atoms with Crippen molar-refractivity contribution in [3.8, 4) is 11.6 Å². The molecule has 3 aliphatic heterocycles. The van der Waals surface area contributed by atoms with Gasteiger partial charge in [0.15, 0.2) is 5.76 Å². The van der Waals surface area contributed by atoms with E-state index >= 15 is 0 Å². The zero-order valence-corrected chi connectivity index (χ0v) is 21.6. The number of likely N-dealkylation sites (tertiary alicyclic amines) is 2. The van der Waals surface area contributed by atoms with Crippen LogP contribution in [0.1, 0.15) is 51.9 Å². The Morgan fingerprint density at radius 3 is 2.43 bits per heavy atom. The standard InChI is InChI=1S/C26H37N9O2/c1-2-3-11-32-12-6-18(7-13-32)19-8-14-33(15-9-19)23(36)20-10-16-34(20)25-29-24(27)35-26(30-25)28-22(31-35)21-5-4-17-37-21/h4-5,17-20H,2-3,6-16H2,1H3,(H2,27,28,29,30,31)/t20-/m0/s1. The summed E-state index contributed by atoms with van der Waals surface area (Å²) >= 11 is 0. The molecule has 0 radical (unpaired) electrons. The summed E-state index contributed by atoms with van der Waals surface area (Å²) < 4.78 is 6.79. The second-order valence-corrected chi connectivity index (χ2v) is 10.7. The van der Waals surface area contributed by atoms with Gasteiger partial charge in [0.1, 0.15) is 6.04 Å². The number of unbranched alkanes of at least 4 members (excludes halogenated alkanes) is 1. The molecule has 1 amide bonds. The average molecular weight is 508 g/mol. The lowest BCUT2D eigenvalue weighted by atomic mass is 9.78. The minimum atomic E-state index is -0.243. The normalized spacial score (nSPS) is 22.0. The number of anilines is 2. The fraction of sp³-hybridized carbons (Fsp3) is 0.654. The molecule has 0 unspecified atom stereocenters. The first-order valence-electron chi connectivity index (χ1n) is 13.8. The monoisotopic (exact) mass is 507 g/mol. The molecular weight excluding hydrogens is 470 g/mol. The van der Waals surface area contributed by atoms with Gasteiger partial charge in [-0.1, -0.05) is 13.3 Å². The molecule has 198 valence electrons. The molecule has 0 aliphatic carbocycles. The number of nitrogens with two attached hydrogens (primary N) is 1. The molecule has 3 aromatic rings. The first-order chi connectivity index (χ1) is 18.1. The molecule has 0 spiro atoms. The van der Waals surface area contributed by atoms with Crippen LogP contribution < -0.4 is 10.6 Å². The van der Waals surface area contributed by atoms with Crippen molar-refractivity contribution in [3.63, 3.8) is 0 Å². The van der Waals surface area contributed by atoms with Crippen LogP contribution in [-0.4, -0.2) is 85.6 Å². The smallest absolute Gasteiger partial charge is 0.259 e. The summed E-state index contributed by atoms with van der Waals surface area (Å²) in [6.45, 7) is 8.41. The topological polar surface area (TPSA) is 122 Å². The van der Waals surface area contributed by atoms with Crippen molar-refractivity contribution in [2.24, 2.45) is 11.8 Å². The van der Waals surface area contributed by atoms with Crippen molar-refractivity contribution in [3.05, 3.63) is 18.4 Å². The SMILES string of the molecule is CCCCN1CCC(C2CCN(C(=O)[C@@H]3CCN3c3nc(N)n4nc(-c5ccco5)nc4n3)CC2)CC1. The Morgan fingerprint density at radius 1 is 1.03 bits per heavy atom. The van der Waals surface area contributed by atoms with E-state index in [1.165, 1.54) is 49.8 Å². The van der Waals surface area contributed by atoms with Crippen LogP contribution in [0.15, 0.2) is 22.8 Å². The zero-order valence-electron chi connectivity index (χ0n) is 21.6. The van der Waals surface area contributed by atoms with Crippen molar-refractivity contribution in [2.45, 2.75) is 57.9 Å². The van der Waals surface area contributed by atoms with E-state index in [0.717, 1.165) is 50.7 Å². The van der Waals surface area contributed by atoms with Crippen LogP contribution in [-0.2, 0) is 4.79 Å². The van der Waals surface area contributed by atoms with Crippen LogP contribution in [0.5, 0.6) is 0 Å². The van der Waals surface area contributed by atoms with Crippen LogP contribution in [0.25, 0.3) is 17.4 Å². The van der Waals surface area contributed by atoms with E-state index in [4.69, 9.17) is 10.2 Å². The van der Waals surface area contributed by atoms with Gasteiger partial charge in [0.25, 0.3) is 5.78 Å². The summed E-state index contributed by atoms with van der Waals surface area (Å²) in [5.41, 5.74) is 6.18. The van der Waals surface area contributed by atoms with Crippen LogP contribution in [0, 0.1) is 11.8 Å². The molecule has 0 saturated carbocycles. The molecule has 0 aromatic carbocycles. The average Bonchev–Trinajstić information content (AvgIpc) is 3.58. The highest BCUT2D eigenvalue weighted by Gasteiger charge is 2.40. The Kier molecular flexibility index (Phi) is 6.71. The molecule has 3 fully saturated rings. The molecule has 6 rings (SSSR count). The molecule has 11 heteroatoms. The third kappa shape index (κ3) is 4.76. The predicted octanol–water partition coefficient (Wildman–Crippen LogP) is 2.69. The summed E-state index contributed by atoms with van der Waals surface area (Å²) in [6.07, 6.45) is 9.79. The van der Waals surface area contributed by atoms with Crippen molar-refractivity contribution in [1.82, 2.24) is 34.4 Å². The van der Waals surface area contributed by atoms with Crippen LogP contribution in [0.4, 0.5) is 11.9 Å². The number of nitrogens with zero attached hydrogens (tertiary/aromatic N) is 8. The largest absolute Gasteiger partial charge is 0.461 e. The number of nitrogen functional groups attached to an aromatic ring is 1. The predicted molar refractivity (Wildman–Crippen MR) is 140 cm³/mol. The minimum Gasteiger partial charge on any atom is -0.461 e. The van der Waals surface area contributed by atoms with Gasteiger partial charge in [-0.15, -0.1) is 5.10 Å². The first kappa shape index (κ1) is 24.1. The summed E-state index contributed by atoms with van der Waals surface area (Å²) in [4.78, 5) is 33.5. The third-order valence-corrected chi connectivity index (χ3v) is 8.50. The Labute approximate surface area is 217 Å². The van der Waals surface area contributed by atoms with Crippen LogP contribution in [0.2, 0.25) is 0 Å². The molecule has 6 heterocycles. The summed E-state index contributed by atoms with van der Waals surface area (Å²) in [5.74, 6) is 3.63. The van der Waals surface area contributed by atoms with Gasteiger partial charge in [0.2, 0.25) is 23.6 Å². The number of rotatable bonds is 7. The molecule has 0 bridgehead atoms. The summed E-state index contributed by atoms with van der Waals surface area (Å²) in [6, 6.07) is 3.31. The number of hydrogen-bond donors (Lipinski definition) is 1. The number of carbonyl (C=O) groups excluding carboxylic acids is 1. The van der Waals surface area contributed by atoms with Gasteiger partial charge >= 0.3 is 0 Å². The second kappa shape index (κ2) is 10.3. The number of amides is 1. The van der Waals surface area contributed by atoms with Crippen molar-refractivity contribution < 1.29 is 9.21 Å². The lowest BCUT2D eigenvalue weighted by Gasteiger charge is -2.45. The Morgan fingerprint density at radius 2 is 1.78 bits per heavy atom. The molecule has 3 aromatic heterocycles. The van der Waals surface area contributed by atoms with Crippen molar-refractivity contribution >= 4 is 23.6 Å². The number of furan rings is 1. The Balaban J connectivity index is 1.06. The fourth-order valence-corrected chi connectivity index (χ4v) is 6.15. The molecule has 3 aliphatic rings. The highest BCUT2D eigenvalue weighted by Crippen LogP contribution is 2.34. The highest BCUT2D eigenvalue weighted by molar-refractivity contribution is 5.86. The van der Waals surface area contributed by atoms with Crippen molar-refractivity contribution in [2.75, 3.05) is 49.9 Å². The van der Waals surface area contributed by atoms with Gasteiger partial charge in [-0.3, -0.25) is 4.79 Å². The van der Waals surface area contributed by atoms with E-state index < -0.39 is 0 Å². The highest BCUT2D eigenvalue weighted by atomic mass is 16.3. The lowest BCUT2D eigenvalue weighted by Crippen LogP contribution is -2.59. The third-order valence-electron chi connectivity index (χ3n) is 8.50. The van der Waals surface area contributed by atoms with Gasteiger partial charge in [-0.05, 0) is 82.1 Å². The molecule has 37 heavy (non-hydrogen) atoms. The summed E-state index contributed by atoms with van der Waals surface area (Å²) in [7, 11) is 0. The van der Waals surface area contributed by atoms with Crippen LogP contribution >= 0.6 is 0 Å². The lowest BCUT2D eigenvalue weighted by molar-refractivity contribution is -0.135. The van der Waals surface area contributed by atoms with Crippen molar-refractivity contribution in [1.29, 1.82) is 0 Å². The second-order valence-electron chi connectivity index (χ2n) is 10.7. The maximum Gasteiger partial charge on any atom is 0.259 e. The Bertz CT molecular complexity index is 1210.